The molecule has 0 aliphatic rings. The van der Waals surface area contributed by atoms with Crippen molar-refractivity contribution in [2.45, 2.75) is 20.3 Å². The Morgan fingerprint density at radius 2 is 2.00 bits per heavy atom. The van der Waals surface area contributed by atoms with Crippen LogP contribution in [0.1, 0.15) is 29.8 Å². The van der Waals surface area contributed by atoms with E-state index in [4.69, 9.17) is 5.11 Å². The molecule has 17 heavy (non-hydrogen) atoms. The van der Waals surface area contributed by atoms with Crippen LogP contribution in [0.25, 0.3) is 0 Å². The van der Waals surface area contributed by atoms with Gasteiger partial charge < -0.3 is 10.0 Å². The second kappa shape index (κ2) is 6.40. The first-order valence-electron chi connectivity index (χ1n) is 6.00. The van der Waals surface area contributed by atoms with E-state index >= 15 is 0 Å². The van der Waals surface area contributed by atoms with Crippen molar-refractivity contribution < 1.29 is 9.90 Å². The van der Waals surface area contributed by atoms with Crippen LogP contribution >= 0.6 is 0 Å². The predicted molar refractivity (Wildman–Crippen MR) is 69.4 cm³/mol. The fourth-order valence-corrected chi connectivity index (χ4v) is 1.97. The molecular formula is C14H21NO2. The number of carboxylic acid groups (broad SMARTS) is 1. The predicted octanol–water partition coefficient (Wildman–Crippen LogP) is 2.52. The Hall–Kier alpha value is -1.35. The first-order valence-corrected chi connectivity index (χ1v) is 6.00. The van der Waals surface area contributed by atoms with Crippen LogP contribution < -0.4 is 0 Å². The zero-order chi connectivity index (χ0) is 12.8. The third kappa shape index (κ3) is 4.57. The average molecular weight is 235 g/mol. The van der Waals surface area contributed by atoms with E-state index in [9.17, 15) is 4.79 Å². The van der Waals surface area contributed by atoms with Crippen LogP contribution in [0.15, 0.2) is 24.3 Å². The number of nitrogens with zero attached hydrogens (tertiary/aromatic N) is 1. The highest BCUT2D eigenvalue weighted by atomic mass is 16.4. The van der Waals surface area contributed by atoms with E-state index in [2.05, 4.69) is 25.8 Å². The molecule has 3 heteroatoms. The molecule has 0 amide bonds. The topological polar surface area (TPSA) is 40.5 Å². The number of carbonyl (C=O) groups is 1. The molecule has 0 radical (unpaired) electrons. The average Bonchev–Trinajstić information content (AvgIpc) is 2.25. The van der Waals surface area contributed by atoms with Gasteiger partial charge in [0.25, 0.3) is 0 Å². The van der Waals surface area contributed by atoms with Crippen LogP contribution in [0.3, 0.4) is 0 Å². The molecule has 3 nitrogen and oxygen atoms in total. The fourth-order valence-electron chi connectivity index (χ4n) is 1.97. The standard InChI is InChI=1S/C14H21NO2/c1-11(2)10-15(3)9-8-12-6-4-5-7-13(12)14(16)17/h4-7,11H,8-10H2,1-3H3,(H,16,17). The van der Waals surface area contributed by atoms with Crippen LogP contribution in [0.4, 0.5) is 0 Å². The van der Waals surface area contributed by atoms with Crippen LogP contribution in [0.2, 0.25) is 0 Å². The molecule has 1 N–H and O–H groups in total. The van der Waals surface area contributed by atoms with Crippen molar-refractivity contribution in [3.8, 4) is 0 Å². The molecule has 0 aromatic heterocycles. The van der Waals surface area contributed by atoms with Crippen molar-refractivity contribution in [2.24, 2.45) is 5.92 Å². The zero-order valence-electron chi connectivity index (χ0n) is 10.8. The van der Waals surface area contributed by atoms with E-state index in [1.807, 2.05) is 12.1 Å². The van der Waals surface area contributed by atoms with Gasteiger partial charge in [-0.3, -0.25) is 0 Å². The van der Waals surface area contributed by atoms with Crippen molar-refractivity contribution in [2.75, 3.05) is 20.1 Å². The van der Waals surface area contributed by atoms with E-state index in [1.165, 1.54) is 0 Å². The minimum absolute atomic E-state index is 0.422. The molecule has 0 saturated heterocycles. The summed E-state index contributed by atoms with van der Waals surface area (Å²) >= 11 is 0. The van der Waals surface area contributed by atoms with Crippen LogP contribution in [-0.4, -0.2) is 36.1 Å². The zero-order valence-corrected chi connectivity index (χ0v) is 10.8. The summed E-state index contributed by atoms with van der Waals surface area (Å²) in [7, 11) is 2.07. The Labute approximate surface area is 103 Å². The summed E-state index contributed by atoms with van der Waals surface area (Å²) in [6, 6.07) is 7.22. The van der Waals surface area contributed by atoms with E-state index in [0.717, 1.165) is 25.1 Å². The maximum atomic E-state index is 11.0. The van der Waals surface area contributed by atoms with Gasteiger partial charge in [0.1, 0.15) is 0 Å². The maximum absolute atomic E-state index is 11.0. The molecule has 1 aromatic rings. The lowest BCUT2D eigenvalue weighted by Gasteiger charge is -2.19. The molecule has 1 rings (SSSR count). The molecule has 1 aromatic carbocycles. The SMILES string of the molecule is CC(C)CN(C)CCc1ccccc1C(=O)O. The van der Waals surface area contributed by atoms with E-state index < -0.39 is 5.97 Å². The summed E-state index contributed by atoms with van der Waals surface area (Å²) in [4.78, 5) is 13.3. The number of aromatic carboxylic acids is 1. The minimum atomic E-state index is -0.841. The Morgan fingerprint density at radius 3 is 2.59 bits per heavy atom. The Bertz CT molecular complexity index is 374. The minimum Gasteiger partial charge on any atom is -0.478 e. The number of likely N-dealkylation sites (N-methyl/N-ethyl adjacent to an activating group) is 1. The van der Waals surface area contributed by atoms with Crippen molar-refractivity contribution in [3.05, 3.63) is 35.4 Å². The summed E-state index contributed by atoms with van der Waals surface area (Å²) < 4.78 is 0. The highest BCUT2D eigenvalue weighted by molar-refractivity contribution is 5.89. The van der Waals surface area contributed by atoms with Gasteiger partial charge in [0, 0.05) is 13.1 Å². The monoisotopic (exact) mass is 235 g/mol. The third-order valence-electron chi connectivity index (χ3n) is 2.69. The fraction of sp³-hybridized carbons (Fsp3) is 0.500. The first kappa shape index (κ1) is 13.7. The molecule has 0 fully saturated rings. The molecule has 0 atom stereocenters. The molecule has 0 aliphatic carbocycles. The molecule has 0 unspecified atom stereocenters. The molecule has 0 aliphatic heterocycles. The lowest BCUT2D eigenvalue weighted by molar-refractivity contribution is 0.0695. The largest absolute Gasteiger partial charge is 0.478 e. The van der Waals surface area contributed by atoms with Gasteiger partial charge in [0.2, 0.25) is 0 Å². The number of benzene rings is 1. The second-order valence-electron chi connectivity index (χ2n) is 4.87. The smallest absolute Gasteiger partial charge is 0.335 e. The van der Waals surface area contributed by atoms with Crippen molar-refractivity contribution in [1.82, 2.24) is 4.90 Å². The van der Waals surface area contributed by atoms with Gasteiger partial charge in [-0.25, -0.2) is 4.79 Å². The lowest BCUT2D eigenvalue weighted by atomic mass is 10.0. The van der Waals surface area contributed by atoms with Gasteiger partial charge in [-0.05, 0) is 31.0 Å². The molecule has 94 valence electrons. The number of hydrogen-bond donors (Lipinski definition) is 1. The van der Waals surface area contributed by atoms with Crippen LogP contribution in [0, 0.1) is 5.92 Å². The van der Waals surface area contributed by atoms with Gasteiger partial charge >= 0.3 is 5.97 Å². The normalized spacial score (nSPS) is 11.1. The molecule has 0 spiro atoms. The van der Waals surface area contributed by atoms with Crippen LogP contribution in [-0.2, 0) is 6.42 Å². The molecular weight excluding hydrogens is 214 g/mol. The van der Waals surface area contributed by atoms with Gasteiger partial charge in [-0.1, -0.05) is 32.0 Å². The van der Waals surface area contributed by atoms with Gasteiger partial charge in [0.15, 0.2) is 0 Å². The highest BCUT2D eigenvalue weighted by Gasteiger charge is 2.09. The quantitative estimate of drug-likeness (QED) is 0.823. The Kier molecular flexibility index (Phi) is 5.16. The van der Waals surface area contributed by atoms with Crippen molar-refractivity contribution in [3.63, 3.8) is 0 Å². The maximum Gasteiger partial charge on any atom is 0.335 e. The van der Waals surface area contributed by atoms with Crippen molar-refractivity contribution >= 4 is 5.97 Å². The lowest BCUT2D eigenvalue weighted by Crippen LogP contribution is -2.26. The molecule has 0 heterocycles. The van der Waals surface area contributed by atoms with E-state index in [1.54, 1.807) is 12.1 Å². The van der Waals surface area contributed by atoms with Gasteiger partial charge in [0.05, 0.1) is 5.56 Å². The third-order valence-corrected chi connectivity index (χ3v) is 2.69. The Balaban J connectivity index is 2.60. The van der Waals surface area contributed by atoms with Crippen molar-refractivity contribution in [1.29, 1.82) is 0 Å². The summed E-state index contributed by atoms with van der Waals surface area (Å²) in [5.74, 6) is -0.207. The molecule has 0 saturated carbocycles. The van der Waals surface area contributed by atoms with Gasteiger partial charge in [-0.15, -0.1) is 0 Å². The van der Waals surface area contributed by atoms with Crippen LogP contribution in [0.5, 0.6) is 0 Å². The summed E-state index contributed by atoms with van der Waals surface area (Å²) in [6.07, 6.45) is 0.783. The highest BCUT2D eigenvalue weighted by Crippen LogP contribution is 2.10. The van der Waals surface area contributed by atoms with Gasteiger partial charge in [-0.2, -0.15) is 0 Å². The first-order chi connectivity index (χ1) is 8.00. The Morgan fingerprint density at radius 1 is 1.35 bits per heavy atom. The second-order valence-corrected chi connectivity index (χ2v) is 4.87. The summed E-state index contributed by atoms with van der Waals surface area (Å²) in [6.45, 7) is 6.29. The number of carboxylic acids is 1. The molecule has 0 bridgehead atoms. The summed E-state index contributed by atoms with van der Waals surface area (Å²) in [5.41, 5.74) is 1.33. The number of hydrogen-bond acceptors (Lipinski definition) is 2. The van der Waals surface area contributed by atoms with E-state index in [-0.39, 0.29) is 0 Å². The number of rotatable bonds is 6. The summed E-state index contributed by atoms with van der Waals surface area (Å²) in [5, 5.41) is 9.06. The van der Waals surface area contributed by atoms with E-state index in [0.29, 0.717) is 11.5 Å².